The van der Waals surface area contributed by atoms with Crippen LogP contribution in [0.25, 0.3) is 0 Å². The fraction of sp³-hybridized carbons (Fsp3) is 0.667. The predicted molar refractivity (Wildman–Crippen MR) is 69.5 cm³/mol. The van der Waals surface area contributed by atoms with E-state index in [-0.39, 0.29) is 18.3 Å². The van der Waals surface area contributed by atoms with Crippen LogP contribution in [0.5, 0.6) is 0 Å². The smallest absolute Gasteiger partial charge is 0.399 e. The van der Waals surface area contributed by atoms with Crippen LogP contribution in [-0.4, -0.2) is 18.3 Å². The Morgan fingerprint density at radius 3 is 1.94 bits per heavy atom. The largest absolute Gasteiger partial charge is 0.505 e. The molecule has 1 saturated heterocycles. The number of rotatable bonds is 1. The van der Waals surface area contributed by atoms with Crippen molar-refractivity contribution in [3.05, 3.63) is 16.5 Å². The summed E-state index contributed by atoms with van der Waals surface area (Å²) in [6, 6.07) is 2.19. The fourth-order valence-electron chi connectivity index (χ4n) is 1.84. The zero-order chi connectivity index (χ0) is 12.1. The first-order chi connectivity index (χ1) is 7.23. The van der Waals surface area contributed by atoms with Gasteiger partial charge in [0.25, 0.3) is 0 Å². The van der Waals surface area contributed by atoms with Crippen molar-refractivity contribution < 1.29 is 9.31 Å². The van der Waals surface area contributed by atoms with Gasteiger partial charge in [-0.25, -0.2) is 0 Å². The van der Waals surface area contributed by atoms with Crippen molar-refractivity contribution in [2.75, 3.05) is 0 Å². The van der Waals surface area contributed by atoms with Crippen LogP contribution in [0.4, 0.5) is 0 Å². The van der Waals surface area contributed by atoms with Gasteiger partial charge >= 0.3 is 7.12 Å². The van der Waals surface area contributed by atoms with Gasteiger partial charge in [-0.3, -0.25) is 0 Å². The van der Waals surface area contributed by atoms with E-state index in [2.05, 4.69) is 47.6 Å². The zero-order valence-corrected chi connectivity index (χ0v) is 11.7. The third-order valence-electron chi connectivity index (χ3n) is 3.55. The van der Waals surface area contributed by atoms with Crippen molar-refractivity contribution in [3.63, 3.8) is 0 Å². The highest BCUT2D eigenvalue weighted by atomic mass is 32.1. The van der Waals surface area contributed by atoms with E-state index in [4.69, 9.17) is 9.31 Å². The van der Waals surface area contributed by atoms with Crippen LogP contribution >= 0.6 is 11.3 Å². The molecule has 0 saturated carbocycles. The molecule has 0 bridgehead atoms. The standard InChI is InChI=1S/C12H19BO2S/c1-8-7-9(2)16-10(8)13-14-11(3,4)12(5,6)15-13/h7H,1-6H3. The van der Waals surface area contributed by atoms with Gasteiger partial charge < -0.3 is 9.31 Å². The molecule has 1 fully saturated rings. The molecule has 0 unspecified atom stereocenters. The average molecular weight is 238 g/mol. The summed E-state index contributed by atoms with van der Waals surface area (Å²) in [5.74, 6) is 0. The highest BCUT2D eigenvalue weighted by Crippen LogP contribution is 2.37. The summed E-state index contributed by atoms with van der Waals surface area (Å²) < 4.78 is 13.3. The quantitative estimate of drug-likeness (QED) is 0.700. The molecule has 88 valence electrons. The number of hydrogen-bond acceptors (Lipinski definition) is 3. The lowest BCUT2D eigenvalue weighted by Gasteiger charge is -2.32. The van der Waals surface area contributed by atoms with E-state index in [1.54, 1.807) is 11.3 Å². The monoisotopic (exact) mass is 238 g/mol. The highest BCUT2D eigenvalue weighted by molar-refractivity contribution is 7.22. The Balaban J connectivity index is 2.30. The van der Waals surface area contributed by atoms with Crippen LogP contribution in [0.1, 0.15) is 38.1 Å². The van der Waals surface area contributed by atoms with Crippen molar-refractivity contribution in [1.29, 1.82) is 0 Å². The Kier molecular flexibility index (Phi) is 2.72. The molecular formula is C12H19BO2S. The lowest BCUT2D eigenvalue weighted by molar-refractivity contribution is 0.00578. The molecule has 1 aliphatic rings. The molecule has 0 aromatic carbocycles. The number of hydrogen-bond donors (Lipinski definition) is 0. The second-order valence-electron chi connectivity index (χ2n) is 5.49. The van der Waals surface area contributed by atoms with E-state index in [9.17, 15) is 0 Å². The maximum absolute atomic E-state index is 6.03. The van der Waals surface area contributed by atoms with Crippen LogP contribution < -0.4 is 4.78 Å². The van der Waals surface area contributed by atoms with Crippen LogP contribution in [0, 0.1) is 13.8 Å². The molecule has 2 heterocycles. The van der Waals surface area contributed by atoms with Crippen LogP contribution in [0.2, 0.25) is 0 Å². The van der Waals surface area contributed by atoms with Gasteiger partial charge in [0.2, 0.25) is 0 Å². The first-order valence-electron chi connectivity index (χ1n) is 5.65. The molecule has 0 atom stereocenters. The van der Waals surface area contributed by atoms with Gasteiger partial charge in [0.1, 0.15) is 0 Å². The van der Waals surface area contributed by atoms with Crippen molar-refractivity contribution in [2.45, 2.75) is 52.7 Å². The van der Waals surface area contributed by atoms with E-state index in [1.807, 2.05) is 0 Å². The molecular weight excluding hydrogens is 219 g/mol. The minimum absolute atomic E-state index is 0.205. The maximum Gasteiger partial charge on any atom is 0.505 e. The van der Waals surface area contributed by atoms with Crippen LogP contribution in [0.15, 0.2) is 6.07 Å². The SMILES string of the molecule is Cc1cc(C)c(B2OC(C)(C)C(C)(C)O2)s1. The molecule has 0 N–H and O–H groups in total. The van der Waals surface area contributed by atoms with Gasteiger partial charge in [-0.1, -0.05) is 0 Å². The molecule has 0 radical (unpaired) electrons. The van der Waals surface area contributed by atoms with Crippen LogP contribution in [-0.2, 0) is 9.31 Å². The summed E-state index contributed by atoms with van der Waals surface area (Å²) in [5, 5.41) is 0. The molecule has 0 spiro atoms. The van der Waals surface area contributed by atoms with Crippen molar-refractivity contribution in [3.8, 4) is 0 Å². The Morgan fingerprint density at radius 1 is 1.06 bits per heavy atom. The molecule has 1 aliphatic heterocycles. The minimum atomic E-state index is -0.248. The van der Waals surface area contributed by atoms with E-state index in [0.29, 0.717) is 0 Å². The predicted octanol–water partition coefficient (Wildman–Crippen LogP) is 2.66. The number of aryl methyl sites for hydroxylation is 2. The van der Waals surface area contributed by atoms with E-state index < -0.39 is 0 Å². The Labute approximate surface area is 102 Å². The summed E-state index contributed by atoms with van der Waals surface area (Å²) >= 11 is 1.76. The fourth-order valence-corrected chi connectivity index (χ4v) is 2.84. The molecule has 0 aliphatic carbocycles. The van der Waals surface area contributed by atoms with Gasteiger partial charge in [0.15, 0.2) is 0 Å². The Hall–Kier alpha value is -0.315. The minimum Gasteiger partial charge on any atom is -0.399 e. The summed E-state index contributed by atoms with van der Waals surface area (Å²) in [6.07, 6.45) is 0. The summed E-state index contributed by atoms with van der Waals surface area (Å²) in [7, 11) is -0.205. The third kappa shape index (κ3) is 1.83. The van der Waals surface area contributed by atoms with E-state index in [0.717, 1.165) is 0 Å². The molecule has 1 aromatic heterocycles. The summed E-state index contributed by atoms with van der Waals surface area (Å²) in [5.41, 5.74) is 0.769. The molecule has 1 aromatic rings. The second-order valence-corrected chi connectivity index (χ2v) is 6.78. The number of thiophene rings is 1. The lowest BCUT2D eigenvalue weighted by atomic mass is 9.85. The van der Waals surface area contributed by atoms with Crippen molar-refractivity contribution >= 4 is 23.2 Å². The molecule has 2 nitrogen and oxygen atoms in total. The van der Waals surface area contributed by atoms with Crippen molar-refractivity contribution in [1.82, 2.24) is 0 Å². The first-order valence-corrected chi connectivity index (χ1v) is 6.47. The van der Waals surface area contributed by atoms with Gasteiger partial charge in [0, 0.05) is 9.65 Å². The van der Waals surface area contributed by atoms with Crippen molar-refractivity contribution in [2.24, 2.45) is 0 Å². The topological polar surface area (TPSA) is 18.5 Å². The highest BCUT2D eigenvalue weighted by Gasteiger charge is 2.52. The summed E-state index contributed by atoms with van der Waals surface area (Å²) in [6.45, 7) is 12.6. The lowest BCUT2D eigenvalue weighted by Crippen LogP contribution is -2.41. The molecule has 0 amide bonds. The zero-order valence-electron chi connectivity index (χ0n) is 10.9. The third-order valence-corrected chi connectivity index (χ3v) is 4.72. The molecule has 16 heavy (non-hydrogen) atoms. The van der Waals surface area contributed by atoms with Gasteiger partial charge in [-0.2, -0.15) is 0 Å². The van der Waals surface area contributed by atoms with Crippen LogP contribution in [0.3, 0.4) is 0 Å². The van der Waals surface area contributed by atoms with Gasteiger partial charge in [-0.05, 0) is 53.2 Å². The molecule has 4 heteroatoms. The van der Waals surface area contributed by atoms with Gasteiger partial charge in [0.05, 0.1) is 11.2 Å². The maximum atomic E-state index is 6.03. The Bertz CT molecular complexity index is 393. The van der Waals surface area contributed by atoms with E-state index in [1.165, 1.54) is 15.2 Å². The Morgan fingerprint density at radius 2 is 1.56 bits per heavy atom. The normalized spacial score (nSPS) is 22.8. The first kappa shape index (κ1) is 12.2. The molecule has 2 rings (SSSR count). The average Bonchev–Trinajstić information content (AvgIpc) is 2.51. The second kappa shape index (κ2) is 3.59. The summed E-state index contributed by atoms with van der Waals surface area (Å²) in [4.78, 5) is 1.31. The van der Waals surface area contributed by atoms with Gasteiger partial charge in [-0.15, -0.1) is 11.3 Å². The van der Waals surface area contributed by atoms with E-state index >= 15 is 0 Å².